The summed E-state index contributed by atoms with van der Waals surface area (Å²) in [5.41, 5.74) is 0.376. The lowest BCUT2D eigenvalue weighted by Gasteiger charge is -2.14. The van der Waals surface area contributed by atoms with E-state index in [0.29, 0.717) is 10.6 Å². The molecule has 22 heavy (non-hydrogen) atoms. The number of ether oxygens (including phenoxy) is 1. The summed E-state index contributed by atoms with van der Waals surface area (Å²) < 4.78 is 4.84. The molecule has 1 atom stereocenters. The molecule has 0 saturated heterocycles. The summed E-state index contributed by atoms with van der Waals surface area (Å²) >= 11 is 5.74. The summed E-state index contributed by atoms with van der Waals surface area (Å²) in [5, 5.41) is 5.60. The second kappa shape index (κ2) is 8.38. The van der Waals surface area contributed by atoms with Gasteiger partial charge in [0.1, 0.15) is 6.04 Å². The fourth-order valence-corrected chi connectivity index (χ4v) is 1.69. The maximum atomic E-state index is 11.9. The summed E-state index contributed by atoms with van der Waals surface area (Å²) in [6.07, 6.45) is 0. The smallest absolute Gasteiger partial charge is 0.328 e. The van der Waals surface area contributed by atoms with Crippen LogP contribution in [0.1, 0.15) is 31.1 Å². The molecule has 1 aromatic carbocycles. The highest BCUT2D eigenvalue weighted by Crippen LogP contribution is 2.09. The summed E-state index contributed by atoms with van der Waals surface area (Å²) in [6, 6.07) is 5.35. The lowest BCUT2D eigenvalue weighted by Crippen LogP contribution is -2.41. The number of nitrogens with one attached hydrogen (secondary N) is 2. The van der Waals surface area contributed by atoms with Gasteiger partial charge in [0, 0.05) is 16.6 Å². The number of amides is 2. The number of hydrogen-bond acceptors (Lipinski definition) is 4. The van der Waals surface area contributed by atoms with Crippen molar-refractivity contribution in [3.8, 4) is 0 Å². The van der Waals surface area contributed by atoms with E-state index >= 15 is 0 Å². The summed E-state index contributed by atoms with van der Waals surface area (Å²) in [4.78, 5) is 35.0. The number of benzene rings is 1. The van der Waals surface area contributed by atoms with Crippen molar-refractivity contribution in [2.24, 2.45) is 0 Å². The quantitative estimate of drug-likeness (QED) is 0.776. The van der Waals surface area contributed by atoms with E-state index in [2.05, 4.69) is 10.6 Å². The van der Waals surface area contributed by atoms with Gasteiger partial charge in [-0.05, 0) is 45.0 Å². The first-order chi connectivity index (χ1) is 10.3. The molecule has 120 valence electrons. The zero-order valence-corrected chi connectivity index (χ0v) is 13.4. The van der Waals surface area contributed by atoms with Crippen LogP contribution in [-0.2, 0) is 14.3 Å². The molecule has 6 nitrogen and oxygen atoms in total. The maximum absolute atomic E-state index is 11.9. The minimum absolute atomic E-state index is 0.0340. The van der Waals surface area contributed by atoms with Crippen LogP contribution >= 0.6 is 11.6 Å². The van der Waals surface area contributed by atoms with E-state index in [1.807, 2.05) is 0 Å². The average Bonchev–Trinajstić information content (AvgIpc) is 2.44. The molecule has 0 aliphatic rings. The third-order valence-electron chi connectivity index (χ3n) is 2.60. The molecule has 0 radical (unpaired) electrons. The second-order valence-corrected chi connectivity index (χ2v) is 5.47. The largest absolute Gasteiger partial charge is 0.454 e. The van der Waals surface area contributed by atoms with E-state index < -0.39 is 17.9 Å². The highest BCUT2D eigenvalue weighted by atomic mass is 35.5. The molecule has 0 bridgehead atoms. The van der Waals surface area contributed by atoms with Crippen LogP contribution in [0, 0.1) is 0 Å². The Balaban J connectivity index is 2.45. The zero-order chi connectivity index (χ0) is 16.7. The van der Waals surface area contributed by atoms with Crippen molar-refractivity contribution in [3.63, 3.8) is 0 Å². The van der Waals surface area contributed by atoms with Crippen molar-refractivity contribution < 1.29 is 19.1 Å². The second-order valence-electron chi connectivity index (χ2n) is 5.03. The van der Waals surface area contributed by atoms with Gasteiger partial charge in [0.05, 0.1) is 0 Å². The Hall–Kier alpha value is -2.08. The standard InChI is InChI=1S/C15H19ClN2O4/c1-9(2)17-13(19)8-22-15(21)10(3)18-14(20)11-4-6-12(16)7-5-11/h4-7,9-10H,8H2,1-3H3,(H,17,19)(H,18,20)/t10-/m0/s1. The first-order valence-electron chi connectivity index (χ1n) is 6.82. The number of carbonyl (C=O) groups excluding carboxylic acids is 3. The summed E-state index contributed by atoms with van der Waals surface area (Å²) in [6.45, 7) is 4.71. The highest BCUT2D eigenvalue weighted by Gasteiger charge is 2.19. The van der Waals surface area contributed by atoms with Gasteiger partial charge in [0.2, 0.25) is 0 Å². The predicted octanol–water partition coefficient (Wildman–Crippen LogP) is 1.53. The zero-order valence-electron chi connectivity index (χ0n) is 12.7. The Kier molecular flexibility index (Phi) is 6.85. The predicted molar refractivity (Wildman–Crippen MR) is 82.6 cm³/mol. The van der Waals surface area contributed by atoms with Crippen LogP contribution in [0.5, 0.6) is 0 Å². The highest BCUT2D eigenvalue weighted by molar-refractivity contribution is 6.30. The third-order valence-corrected chi connectivity index (χ3v) is 2.85. The normalized spacial score (nSPS) is 11.7. The van der Waals surface area contributed by atoms with Crippen LogP contribution in [0.4, 0.5) is 0 Å². The fraction of sp³-hybridized carbons (Fsp3) is 0.400. The van der Waals surface area contributed by atoms with Crippen LogP contribution in [0.25, 0.3) is 0 Å². The van der Waals surface area contributed by atoms with Gasteiger partial charge in [-0.3, -0.25) is 9.59 Å². The lowest BCUT2D eigenvalue weighted by molar-refractivity contribution is -0.150. The van der Waals surface area contributed by atoms with Crippen molar-refractivity contribution in [2.75, 3.05) is 6.61 Å². The molecule has 7 heteroatoms. The Morgan fingerprint density at radius 3 is 2.23 bits per heavy atom. The van der Waals surface area contributed by atoms with E-state index in [4.69, 9.17) is 16.3 Å². The summed E-state index contributed by atoms with van der Waals surface area (Å²) in [5.74, 6) is -1.49. The number of rotatable bonds is 6. The maximum Gasteiger partial charge on any atom is 0.328 e. The molecule has 0 unspecified atom stereocenters. The Bertz CT molecular complexity index is 543. The molecule has 0 aromatic heterocycles. The van der Waals surface area contributed by atoms with Crippen LogP contribution < -0.4 is 10.6 Å². The number of hydrogen-bond donors (Lipinski definition) is 2. The fourth-order valence-electron chi connectivity index (χ4n) is 1.57. The van der Waals surface area contributed by atoms with Crippen LogP contribution in [0.15, 0.2) is 24.3 Å². The van der Waals surface area contributed by atoms with Gasteiger partial charge in [-0.2, -0.15) is 0 Å². The van der Waals surface area contributed by atoms with Crippen LogP contribution in [-0.4, -0.2) is 36.5 Å². The Morgan fingerprint density at radius 2 is 1.68 bits per heavy atom. The van der Waals surface area contributed by atoms with E-state index in [1.165, 1.54) is 6.92 Å². The molecule has 0 fully saturated rings. The van der Waals surface area contributed by atoms with E-state index in [-0.39, 0.29) is 18.6 Å². The Labute approximate surface area is 134 Å². The first kappa shape index (κ1) is 18.0. The van der Waals surface area contributed by atoms with Crippen molar-refractivity contribution >= 4 is 29.4 Å². The molecule has 0 spiro atoms. The van der Waals surface area contributed by atoms with Gasteiger partial charge in [0.25, 0.3) is 11.8 Å². The number of halogens is 1. The van der Waals surface area contributed by atoms with E-state index in [1.54, 1.807) is 38.1 Å². The molecule has 0 aliphatic carbocycles. The SMILES string of the molecule is CC(C)NC(=O)COC(=O)[C@H](C)NC(=O)c1ccc(Cl)cc1. The van der Waals surface area contributed by atoms with Gasteiger partial charge < -0.3 is 15.4 Å². The van der Waals surface area contributed by atoms with Crippen molar-refractivity contribution in [1.29, 1.82) is 0 Å². The average molecular weight is 327 g/mol. The molecule has 1 aromatic rings. The molecule has 2 N–H and O–H groups in total. The van der Waals surface area contributed by atoms with Crippen molar-refractivity contribution in [1.82, 2.24) is 10.6 Å². The van der Waals surface area contributed by atoms with Gasteiger partial charge in [-0.25, -0.2) is 4.79 Å². The van der Waals surface area contributed by atoms with Crippen LogP contribution in [0.2, 0.25) is 5.02 Å². The molecule has 0 heterocycles. The van der Waals surface area contributed by atoms with Gasteiger partial charge >= 0.3 is 5.97 Å². The minimum Gasteiger partial charge on any atom is -0.454 e. The van der Waals surface area contributed by atoms with Gasteiger partial charge in [-0.15, -0.1) is 0 Å². The van der Waals surface area contributed by atoms with Crippen LogP contribution in [0.3, 0.4) is 0 Å². The van der Waals surface area contributed by atoms with E-state index in [9.17, 15) is 14.4 Å². The van der Waals surface area contributed by atoms with Crippen molar-refractivity contribution in [2.45, 2.75) is 32.9 Å². The lowest BCUT2D eigenvalue weighted by atomic mass is 10.2. The molecule has 1 rings (SSSR count). The van der Waals surface area contributed by atoms with Crippen molar-refractivity contribution in [3.05, 3.63) is 34.9 Å². The number of carbonyl (C=O) groups is 3. The summed E-state index contributed by atoms with van der Waals surface area (Å²) in [7, 11) is 0. The molecular formula is C15H19ClN2O4. The van der Waals surface area contributed by atoms with Gasteiger partial charge in [-0.1, -0.05) is 11.6 Å². The van der Waals surface area contributed by atoms with Gasteiger partial charge in [0.15, 0.2) is 6.61 Å². The topological polar surface area (TPSA) is 84.5 Å². The van der Waals surface area contributed by atoms with E-state index in [0.717, 1.165) is 0 Å². The molecule has 0 saturated carbocycles. The molecule has 2 amide bonds. The molecular weight excluding hydrogens is 308 g/mol. The molecule has 0 aliphatic heterocycles. The Morgan fingerprint density at radius 1 is 1.09 bits per heavy atom. The number of esters is 1. The minimum atomic E-state index is -0.866. The third kappa shape index (κ3) is 6.13. The monoisotopic (exact) mass is 326 g/mol. The first-order valence-corrected chi connectivity index (χ1v) is 7.20.